The van der Waals surface area contributed by atoms with Gasteiger partial charge >= 0.3 is 0 Å². The molecule has 1 aliphatic heterocycles. The summed E-state index contributed by atoms with van der Waals surface area (Å²) < 4.78 is 23.4. The summed E-state index contributed by atoms with van der Waals surface area (Å²) in [5.41, 5.74) is 1.93. The maximum absolute atomic E-state index is 10.2. The van der Waals surface area contributed by atoms with Gasteiger partial charge < -0.3 is 29.2 Å². The molecule has 0 aliphatic carbocycles. The Hall–Kier alpha value is -2.22. The second-order valence-electron chi connectivity index (χ2n) is 7.34. The Balaban J connectivity index is 1.71. The average Bonchev–Trinajstić information content (AvgIpc) is 2.80. The molecule has 2 aromatic carbocycles. The Morgan fingerprint density at radius 1 is 1.13 bits per heavy atom. The van der Waals surface area contributed by atoms with Crippen molar-refractivity contribution in [1.82, 2.24) is 0 Å². The van der Waals surface area contributed by atoms with Crippen LogP contribution in [-0.4, -0.2) is 48.8 Å². The fourth-order valence-corrected chi connectivity index (χ4v) is 3.57. The number of aliphatic hydroxyl groups excluding tert-OH is 2. The molecule has 0 amide bonds. The van der Waals surface area contributed by atoms with E-state index < -0.39 is 18.3 Å². The SMILES string of the molecule is C=C[C@@H]([C@@H]1C[C@H](COCc2ccccc2)O[C@H](c2ccc(OC)cc2)O1)[C@@H](O)CO. The lowest BCUT2D eigenvalue weighted by atomic mass is 9.91. The monoisotopic (exact) mass is 414 g/mol. The molecule has 5 atom stereocenters. The second kappa shape index (κ2) is 11.2. The Labute approximate surface area is 177 Å². The van der Waals surface area contributed by atoms with Gasteiger partial charge in [-0.1, -0.05) is 48.5 Å². The minimum absolute atomic E-state index is 0.229. The molecule has 1 fully saturated rings. The van der Waals surface area contributed by atoms with E-state index >= 15 is 0 Å². The van der Waals surface area contributed by atoms with Gasteiger partial charge in [0.2, 0.25) is 0 Å². The molecule has 30 heavy (non-hydrogen) atoms. The van der Waals surface area contributed by atoms with Crippen LogP contribution in [0.25, 0.3) is 0 Å². The third kappa shape index (κ3) is 5.90. The van der Waals surface area contributed by atoms with Gasteiger partial charge in [-0.05, 0) is 17.7 Å². The number of hydrogen-bond acceptors (Lipinski definition) is 6. The molecule has 0 spiro atoms. The van der Waals surface area contributed by atoms with Gasteiger partial charge in [0.25, 0.3) is 0 Å². The van der Waals surface area contributed by atoms with Crippen molar-refractivity contribution < 1.29 is 29.2 Å². The Kier molecular flexibility index (Phi) is 8.42. The molecule has 2 N–H and O–H groups in total. The first-order chi connectivity index (χ1) is 14.6. The molecule has 0 aromatic heterocycles. The molecule has 1 saturated heterocycles. The molecule has 2 aromatic rings. The van der Waals surface area contributed by atoms with Crippen LogP contribution in [0, 0.1) is 5.92 Å². The van der Waals surface area contributed by atoms with Crippen molar-refractivity contribution in [2.75, 3.05) is 20.3 Å². The van der Waals surface area contributed by atoms with E-state index in [4.69, 9.17) is 18.9 Å². The van der Waals surface area contributed by atoms with Crippen molar-refractivity contribution in [1.29, 1.82) is 0 Å². The topological polar surface area (TPSA) is 77.4 Å². The molecule has 0 radical (unpaired) electrons. The number of hydrogen-bond donors (Lipinski definition) is 2. The van der Waals surface area contributed by atoms with Gasteiger partial charge in [-0.2, -0.15) is 0 Å². The van der Waals surface area contributed by atoms with E-state index in [0.29, 0.717) is 19.6 Å². The first-order valence-corrected chi connectivity index (χ1v) is 10.1. The quantitative estimate of drug-likeness (QED) is 0.581. The third-order valence-corrected chi connectivity index (χ3v) is 5.25. The fraction of sp³-hybridized carbons (Fsp3) is 0.417. The first kappa shape index (κ1) is 22.5. The van der Waals surface area contributed by atoms with E-state index in [1.807, 2.05) is 54.6 Å². The summed E-state index contributed by atoms with van der Waals surface area (Å²) in [5, 5.41) is 19.6. The highest BCUT2D eigenvalue weighted by molar-refractivity contribution is 5.28. The van der Waals surface area contributed by atoms with Crippen LogP contribution < -0.4 is 4.74 Å². The molecule has 6 heteroatoms. The van der Waals surface area contributed by atoms with E-state index in [1.54, 1.807) is 13.2 Å². The summed E-state index contributed by atoms with van der Waals surface area (Å²) in [5.74, 6) is 0.324. The molecule has 1 aliphatic rings. The summed E-state index contributed by atoms with van der Waals surface area (Å²) >= 11 is 0. The minimum atomic E-state index is -0.951. The zero-order valence-electron chi connectivity index (χ0n) is 17.2. The van der Waals surface area contributed by atoms with Gasteiger partial charge in [-0.25, -0.2) is 0 Å². The molecule has 0 unspecified atom stereocenters. The highest BCUT2D eigenvalue weighted by atomic mass is 16.7. The highest BCUT2D eigenvalue weighted by Gasteiger charge is 2.37. The first-order valence-electron chi connectivity index (χ1n) is 10.1. The molecule has 0 saturated carbocycles. The Morgan fingerprint density at radius 3 is 2.50 bits per heavy atom. The van der Waals surface area contributed by atoms with Crippen LogP contribution in [0.3, 0.4) is 0 Å². The average molecular weight is 414 g/mol. The van der Waals surface area contributed by atoms with E-state index in [-0.39, 0.29) is 18.8 Å². The maximum atomic E-state index is 10.2. The predicted octanol–water partition coefficient (Wildman–Crippen LogP) is 3.24. The third-order valence-electron chi connectivity index (χ3n) is 5.25. The van der Waals surface area contributed by atoms with E-state index in [9.17, 15) is 10.2 Å². The van der Waals surface area contributed by atoms with Crippen LogP contribution in [0.4, 0.5) is 0 Å². The largest absolute Gasteiger partial charge is 0.497 e. The molecule has 1 heterocycles. The van der Waals surface area contributed by atoms with Crippen LogP contribution in [0.5, 0.6) is 5.75 Å². The predicted molar refractivity (Wildman–Crippen MR) is 113 cm³/mol. The normalized spacial score (nSPS) is 23.5. The summed E-state index contributed by atoms with van der Waals surface area (Å²) in [6.07, 6.45) is -0.0102. The lowest BCUT2D eigenvalue weighted by molar-refractivity contribution is -0.268. The van der Waals surface area contributed by atoms with Crippen molar-refractivity contribution in [2.24, 2.45) is 5.92 Å². The van der Waals surface area contributed by atoms with E-state index in [1.165, 1.54) is 0 Å². The molecule has 0 bridgehead atoms. The molecule has 162 valence electrons. The number of methoxy groups -OCH3 is 1. The van der Waals surface area contributed by atoms with Gasteiger partial charge in [-0.3, -0.25) is 0 Å². The Bertz CT molecular complexity index is 763. The molecular weight excluding hydrogens is 384 g/mol. The maximum Gasteiger partial charge on any atom is 0.184 e. The highest BCUT2D eigenvalue weighted by Crippen LogP contribution is 2.35. The zero-order valence-corrected chi connectivity index (χ0v) is 17.2. The minimum Gasteiger partial charge on any atom is -0.497 e. The number of ether oxygens (including phenoxy) is 4. The van der Waals surface area contributed by atoms with Crippen molar-refractivity contribution in [3.05, 3.63) is 78.4 Å². The van der Waals surface area contributed by atoms with Crippen LogP contribution in [-0.2, 0) is 20.8 Å². The van der Waals surface area contributed by atoms with Crippen molar-refractivity contribution >= 4 is 0 Å². The van der Waals surface area contributed by atoms with Crippen molar-refractivity contribution in [3.63, 3.8) is 0 Å². The van der Waals surface area contributed by atoms with E-state index in [0.717, 1.165) is 16.9 Å². The number of benzene rings is 2. The molecule has 6 nitrogen and oxygen atoms in total. The smallest absolute Gasteiger partial charge is 0.184 e. The second-order valence-corrected chi connectivity index (χ2v) is 7.34. The lowest BCUT2D eigenvalue weighted by Crippen LogP contribution is -2.43. The van der Waals surface area contributed by atoms with Crippen LogP contribution in [0.15, 0.2) is 67.3 Å². The molecular formula is C24H30O6. The number of rotatable bonds is 10. The summed E-state index contributed by atoms with van der Waals surface area (Å²) in [4.78, 5) is 0. The van der Waals surface area contributed by atoms with Gasteiger partial charge in [0.15, 0.2) is 6.29 Å². The van der Waals surface area contributed by atoms with Gasteiger partial charge in [0.1, 0.15) is 5.75 Å². The van der Waals surface area contributed by atoms with Crippen molar-refractivity contribution in [3.8, 4) is 5.75 Å². The van der Waals surface area contributed by atoms with Crippen LogP contribution in [0.1, 0.15) is 23.8 Å². The number of aliphatic hydroxyl groups is 2. The summed E-state index contributed by atoms with van der Waals surface area (Å²) in [7, 11) is 1.61. The van der Waals surface area contributed by atoms with Gasteiger partial charge in [-0.15, -0.1) is 6.58 Å². The van der Waals surface area contributed by atoms with Gasteiger partial charge in [0.05, 0.1) is 45.2 Å². The zero-order chi connectivity index (χ0) is 21.3. The standard InChI is InChI=1S/C24H30O6/c1-3-21(22(26)14-25)23-13-20(16-28-15-17-7-5-4-6-8-17)29-24(30-23)18-9-11-19(27-2)12-10-18/h3-12,20-26H,1,13-16H2,2H3/t20-,21-,22+,23+,24+/m1/s1. The van der Waals surface area contributed by atoms with Crippen molar-refractivity contribution in [2.45, 2.75) is 37.6 Å². The van der Waals surface area contributed by atoms with Gasteiger partial charge in [0, 0.05) is 17.9 Å². The fourth-order valence-electron chi connectivity index (χ4n) is 3.57. The van der Waals surface area contributed by atoms with E-state index in [2.05, 4.69) is 6.58 Å². The van der Waals surface area contributed by atoms with Crippen LogP contribution in [0.2, 0.25) is 0 Å². The lowest BCUT2D eigenvalue weighted by Gasteiger charge is -2.39. The van der Waals surface area contributed by atoms with Crippen LogP contribution >= 0.6 is 0 Å². The summed E-state index contributed by atoms with van der Waals surface area (Å²) in [6.45, 7) is 4.33. The summed E-state index contributed by atoms with van der Waals surface area (Å²) in [6, 6.07) is 17.4. The molecule has 3 rings (SSSR count). The Morgan fingerprint density at radius 2 is 1.87 bits per heavy atom.